The Labute approximate surface area is 351 Å². The Balaban J connectivity index is 0.950. The number of halogens is 1. The van der Waals surface area contributed by atoms with Crippen molar-refractivity contribution in [2.45, 2.75) is 55.4 Å². The number of carbonyl (C=O) groups is 3. The van der Waals surface area contributed by atoms with Crippen LogP contribution in [0.15, 0.2) is 151 Å². The first-order valence-corrected chi connectivity index (χ1v) is 20.3. The van der Waals surface area contributed by atoms with Gasteiger partial charge in [0, 0.05) is 12.7 Å². The maximum Gasteiger partial charge on any atom is 0.331 e. The molecule has 2 fully saturated rings. The van der Waals surface area contributed by atoms with E-state index in [1.165, 1.54) is 6.21 Å². The van der Waals surface area contributed by atoms with Gasteiger partial charge in [-0.25, -0.2) is 15.2 Å². The minimum Gasteiger partial charge on any atom is -0.485 e. The zero-order valence-corrected chi connectivity index (χ0v) is 33.6. The fraction of sp³-hybridized carbons (Fsp3) is 0.196. The molecule has 0 saturated carbocycles. The summed E-state index contributed by atoms with van der Waals surface area (Å²) in [6, 6.07) is 40.9. The van der Waals surface area contributed by atoms with E-state index in [9.17, 15) is 14.4 Å². The highest BCUT2D eigenvalue weighted by atomic mass is 35.5. The van der Waals surface area contributed by atoms with Crippen LogP contribution in [0, 0.1) is 0 Å². The third kappa shape index (κ3) is 8.89. The van der Waals surface area contributed by atoms with E-state index in [-0.39, 0.29) is 40.8 Å². The van der Waals surface area contributed by atoms with E-state index in [1.807, 2.05) is 133 Å². The van der Waals surface area contributed by atoms with Crippen LogP contribution in [-0.2, 0) is 34.1 Å². The molecule has 13 heteroatoms. The quantitative estimate of drug-likeness (QED) is 0.0476. The monoisotopic (exact) mass is 825 g/mol. The van der Waals surface area contributed by atoms with Crippen LogP contribution in [-0.4, -0.2) is 54.6 Å². The summed E-state index contributed by atoms with van der Waals surface area (Å²) in [5, 5.41) is 4.11. The maximum absolute atomic E-state index is 14.2. The highest BCUT2D eigenvalue weighted by Crippen LogP contribution is 2.52. The summed E-state index contributed by atoms with van der Waals surface area (Å²) in [4.78, 5) is 46.6. The number of hydrogen-bond donors (Lipinski definition) is 1. The van der Waals surface area contributed by atoms with Crippen molar-refractivity contribution in [1.29, 1.82) is 0 Å². The van der Waals surface area contributed by atoms with Gasteiger partial charge >= 0.3 is 5.97 Å². The first-order chi connectivity index (χ1) is 28.8. The van der Waals surface area contributed by atoms with Crippen molar-refractivity contribution in [2.75, 3.05) is 0 Å². The summed E-state index contributed by atoms with van der Waals surface area (Å²) in [5.74, 6) is -0.473. The molecular formula is C46H40ClN5O6S. The van der Waals surface area contributed by atoms with E-state index in [1.54, 1.807) is 41.3 Å². The van der Waals surface area contributed by atoms with Gasteiger partial charge in [0.2, 0.25) is 5.91 Å². The van der Waals surface area contributed by atoms with E-state index < -0.39 is 28.8 Å². The Morgan fingerprint density at radius 2 is 1.47 bits per heavy atom. The number of ether oxygens (including phenoxy) is 3. The molecule has 2 aliphatic rings. The fourth-order valence-electron chi connectivity index (χ4n) is 7.27. The molecule has 0 radical (unpaired) electrons. The molecule has 2 saturated heterocycles. The number of thioether (sulfide) groups is 1. The lowest BCUT2D eigenvalue weighted by Crippen LogP contribution is -2.58. The van der Waals surface area contributed by atoms with Crippen molar-refractivity contribution in [3.8, 4) is 11.5 Å². The first kappa shape index (κ1) is 39.5. The number of hydrogen-bond acceptors (Lipinski definition) is 9. The summed E-state index contributed by atoms with van der Waals surface area (Å²) >= 11 is 8.40. The molecule has 0 aliphatic carbocycles. The number of nitrogens with one attached hydrogen (secondary N) is 1. The van der Waals surface area contributed by atoms with Gasteiger partial charge in [-0.1, -0.05) is 133 Å². The number of imidazole rings is 1. The number of benzene rings is 5. The highest BCUT2D eigenvalue weighted by molar-refractivity contribution is 8.01. The van der Waals surface area contributed by atoms with E-state index in [4.69, 9.17) is 25.8 Å². The molecule has 0 spiro atoms. The van der Waals surface area contributed by atoms with Crippen LogP contribution in [0.1, 0.15) is 57.8 Å². The first-order valence-electron chi connectivity index (χ1n) is 19.1. The van der Waals surface area contributed by atoms with Gasteiger partial charge in [-0.3, -0.25) is 9.59 Å². The number of esters is 1. The normalized spacial score (nSPS) is 18.4. The average molecular weight is 826 g/mol. The van der Waals surface area contributed by atoms with Crippen LogP contribution < -0.4 is 14.9 Å². The van der Waals surface area contributed by atoms with E-state index in [0.29, 0.717) is 24.4 Å². The molecule has 59 heavy (non-hydrogen) atoms. The molecule has 3 heterocycles. The third-order valence-corrected chi connectivity index (χ3v) is 12.1. The summed E-state index contributed by atoms with van der Waals surface area (Å²) in [6.07, 6.45) is 4.53. The predicted molar refractivity (Wildman–Crippen MR) is 226 cm³/mol. The number of β-lactam (4-membered cyclic amide) rings is 1. The number of fused-ring (bicyclic) bond motifs is 1. The van der Waals surface area contributed by atoms with Crippen LogP contribution in [0.5, 0.6) is 11.5 Å². The second kappa shape index (κ2) is 17.6. The molecule has 1 N–H and O–H groups in total. The third-order valence-electron chi connectivity index (χ3n) is 10.2. The molecule has 1 aromatic heterocycles. The summed E-state index contributed by atoms with van der Waals surface area (Å²) < 4.78 is 19.6. The molecule has 298 valence electrons. The molecule has 11 nitrogen and oxygen atoms in total. The van der Waals surface area contributed by atoms with Crippen LogP contribution in [0.4, 0.5) is 0 Å². The van der Waals surface area contributed by atoms with E-state index in [0.717, 1.165) is 22.3 Å². The van der Waals surface area contributed by atoms with Crippen molar-refractivity contribution in [2.24, 2.45) is 5.10 Å². The zero-order valence-electron chi connectivity index (χ0n) is 32.0. The number of rotatable bonds is 15. The Hall–Kier alpha value is -6.37. The summed E-state index contributed by atoms with van der Waals surface area (Å²) in [7, 11) is 0. The lowest BCUT2D eigenvalue weighted by atomic mass is 9.95. The Kier molecular flexibility index (Phi) is 11.8. The van der Waals surface area contributed by atoms with Crippen molar-refractivity contribution < 1.29 is 28.6 Å². The fourth-order valence-corrected chi connectivity index (χ4v) is 9.33. The standard InChI is InChI=1S/C46H40ClN5O6S/c1-46(43(52-38(53)24-39(52)59-46)45(55)58-41(33-18-10-4-11-19-33)34-20-12-5-13-21-34)29-51-26-35(48-30-51)25-49-50-44(54)36-22-23-37(56-27-31-14-6-2-7-15-31)42(40(36)47)57-28-32-16-8-3-9-17-32/h2-23,25-26,30,39,41,43H,24,27-29H2,1H3,(H,50,54)/b49-25+/t39-,43+,46+/m1/s1. The second-order valence-electron chi connectivity index (χ2n) is 14.4. The average Bonchev–Trinajstić information content (AvgIpc) is 3.80. The number of carbonyl (C=O) groups excluding carboxylic acids is 3. The molecule has 5 aromatic carbocycles. The van der Waals surface area contributed by atoms with E-state index in [2.05, 4.69) is 15.5 Å². The Bertz CT molecular complexity index is 2410. The zero-order chi connectivity index (χ0) is 40.8. The minimum atomic E-state index is -0.825. The molecule has 3 atom stereocenters. The summed E-state index contributed by atoms with van der Waals surface area (Å²) in [6.45, 7) is 2.82. The van der Waals surface area contributed by atoms with Crippen molar-refractivity contribution in [3.05, 3.63) is 185 Å². The van der Waals surface area contributed by atoms with Crippen LogP contribution in [0.2, 0.25) is 5.02 Å². The molecule has 0 unspecified atom stereocenters. The van der Waals surface area contributed by atoms with Gasteiger partial charge in [0.15, 0.2) is 17.6 Å². The Morgan fingerprint density at radius 1 is 0.881 bits per heavy atom. The smallest absolute Gasteiger partial charge is 0.331 e. The van der Waals surface area contributed by atoms with Gasteiger partial charge in [0.25, 0.3) is 5.91 Å². The number of amides is 2. The number of aromatic nitrogens is 2. The Morgan fingerprint density at radius 3 is 2.08 bits per heavy atom. The summed E-state index contributed by atoms with van der Waals surface area (Å²) in [5.41, 5.74) is 6.70. The number of nitrogens with zero attached hydrogens (tertiary/aromatic N) is 4. The predicted octanol–water partition coefficient (Wildman–Crippen LogP) is 8.22. The molecule has 2 amide bonds. The lowest BCUT2D eigenvalue weighted by Gasteiger charge is -2.38. The lowest BCUT2D eigenvalue weighted by molar-refractivity contribution is -0.164. The molecule has 8 rings (SSSR count). The van der Waals surface area contributed by atoms with Crippen molar-refractivity contribution in [3.63, 3.8) is 0 Å². The molecule has 6 aromatic rings. The SMILES string of the molecule is C[C@@]1(Cn2cnc(/C=N/NC(=O)c3ccc(OCc4ccccc4)c(OCc4ccccc4)c3Cl)c2)S[C@@H]2CC(=O)N2[C@H]1C(=O)OC(c1ccccc1)c1ccccc1. The number of hydrazone groups is 1. The van der Waals surface area contributed by atoms with Gasteiger partial charge < -0.3 is 23.7 Å². The van der Waals surface area contributed by atoms with Gasteiger partial charge in [-0.2, -0.15) is 5.10 Å². The minimum absolute atomic E-state index is 0.0809. The molecule has 2 aliphatic heterocycles. The molecular weight excluding hydrogens is 786 g/mol. The van der Waals surface area contributed by atoms with Crippen molar-refractivity contribution in [1.82, 2.24) is 19.9 Å². The van der Waals surface area contributed by atoms with Crippen LogP contribution in [0.3, 0.4) is 0 Å². The largest absolute Gasteiger partial charge is 0.485 e. The van der Waals surface area contributed by atoms with E-state index >= 15 is 0 Å². The van der Waals surface area contributed by atoms with Gasteiger partial charge in [0.05, 0.1) is 39.7 Å². The van der Waals surface area contributed by atoms with Crippen LogP contribution >= 0.6 is 23.4 Å². The highest BCUT2D eigenvalue weighted by Gasteiger charge is 2.61. The van der Waals surface area contributed by atoms with Crippen molar-refractivity contribution >= 4 is 47.4 Å². The van der Waals surface area contributed by atoms with Gasteiger partial charge in [-0.05, 0) is 41.3 Å². The van der Waals surface area contributed by atoms with Crippen LogP contribution in [0.25, 0.3) is 0 Å². The maximum atomic E-state index is 14.2. The van der Waals surface area contributed by atoms with Gasteiger partial charge in [0.1, 0.15) is 24.9 Å². The second-order valence-corrected chi connectivity index (χ2v) is 16.5. The topological polar surface area (TPSA) is 124 Å². The molecule has 0 bridgehead atoms. The van der Waals surface area contributed by atoms with Gasteiger partial charge in [-0.15, -0.1) is 11.8 Å².